The average molecular weight is 344 g/mol. The van der Waals surface area contributed by atoms with Gasteiger partial charge in [0.05, 0.1) is 17.7 Å². The molecule has 2 aliphatic heterocycles. The Kier molecular flexibility index (Phi) is 4.16. The SMILES string of the molecule is CC(C)(C)C1C(O)c2cc(C#N)ccc2OC12CCN(C(=O)O)CC2. The number of carboxylic acid groups (broad SMARTS) is 1. The molecule has 0 bridgehead atoms. The van der Waals surface area contributed by atoms with Crippen LogP contribution >= 0.6 is 0 Å². The van der Waals surface area contributed by atoms with E-state index in [-0.39, 0.29) is 11.3 Å². The van der Waals surface area contributed by atoms with Crippen LogP contribution in [0.1, 0.15) is 50.8 Å². The lowest BCUT2D eigenvalue weighted by atomic mass is 9.62. The number of ether oxygens (including phenoxy) is 1. The number of rotatable bonds is 0. The predicted octanol–water partition coefficient (Wildman–Crippen LogP) is 3.16. The Hall–Kier alpha value is -2.26. The third-order valence-corrected chi connectivity index (χ3v) is 5.47. The van der Waals surface area contributed by atoms with Crippen molar-refractivity contribution < 1.29 is 19.7 Å². The number of amides is 1. The summed E-state index contributed by atoms with van der Waals surface area (Å²) in [5, 5.41) is 29.5. The molecule has 25 heavy (non-hydrogen) atoms. The number of nitrogens with zero attached hydrogens (tertiary/aromatic N) is 2. The Morgan fingerprint density at radius 1 is 1.36 bits per heavy atom. The molecule has 3 rings (SSSR count). The van der Waals surface area contributed by atoms with Crippen LogP contribution in [0.2, 0.25) is 0 Å². The van der Waals surface area contributed by atoms with Crippen LogP contribution < -0.4 is 4.74 Å². The summed E-state index contributed by atoms with van der Waals surface area (Å²) in [6, 6.07) is 7.22. The van der Waals surface area contributed by atoms with E-state index >= 15 is 0 Å². The lowest BCUT2D eigenvalue weighted by Gasteiger charge is -2.54. The van der Waals surface area contributed by atoms with Crippen LogP contribution in [0.5, 0.6) is 5.75 Å². The third kappa shape index (κ3) is 2.93. The summed E-state index contributed by atoms with van der Waals surface area (Å²) in [5.74, 6) is 0.396. The van der Waals surface area contributed by atoms with Crippen molar-refractivity contribution in [1.29, 1.82) is 5.26 Å². The van der Waals surface area contributed by atoms with Gasteiger partial charge in [-0.15, -0.1) is 0 Å². The van der Waals surface area contributed by atoms with E-state index in [4.69, 9.17) is 10.00 Å². The second-order valence-electron chi connectivity index (χ2n) is 8.09. The zero-order valence-electron chi connectivity index (χ0n) is 14.8. The monoisotopic (exact) mass is 344 g/mol. The van der Waals surface area contributed by atoms with Crippen molar-refractivity contribution in [3.63, 3.8) is 0 Å². The number of hydrogen-bond acceptors (Lipinski definition) is 4. The molecule has 2 N–H and O–H groups in total. The molecule has 2 atom stereocenters. The van der Waals surface area contributed by atoms with Crippen LogP contribution in [0.25, 0.3) is 0 Å². The van der Waals surface area contributed by atoms with Crippen LogP contribution in [0, 0.1) is 22.7 Å². The molecule has 134 valence electrons. The van der Waals surface area contributed by atoms with Gasteiger partial charge in [0.15, 0.2) is 0 Å². The number of nitriles is 1. The van der Waals surface area contributed by atoms with E-state index in [1.165, 1.54) is 4.90 Å². The fourth-order valence-electron chi connectivity index (χ4n) is 4.44. The lowest BCUT2D eigenvalue weighted by molar-refractivity contribution is -0.141. The Morgan fingerprint density at radius 3 is 2.52 bits per heavy atom. The molecule has 1 amide bonds. The molecular weight excluding hydrogens is 320 g/mol. The smallest absolute Gasteiger partial charge is 0.407 e. The maximum atomic E-state index is 11.2. The fourth-order valence-corrected chi connectivity index (χ4v) is 4.44. The molecule has 1 aromatic rings. The van der Waals surface area contributed by atoms with Gasteiger partial charge in [-0.2, -0.15) is 5.26 Å². The van der Waals surface area contributed by atoms with Gasteiger partial charge in [-0.25, -0.2) is 4.79 Å². The second kappa shape index (κ2) is 5.92. The van der Waals surface area contributed by atoms with Crippen LogP contribution in [-0.2, 0) is 0 Å². The van der Waals surface area contributed by atoms with E-state index in [1.54, 1.807) is 18.2 Å². The zero-order chi connectivity index (χ0) is 18.4. The van der Waals surface area contributed by atoms with Crippen molar-refractivity contribution in [3.05, 3.63) is 29.3 Å². The third-order valence-electron chi connectivity index (χ3n) is 5.47. The number of fused-ring (bicyclic) bond motifs is 1. The lowest BCUT2D eigenvalue weighted by Crippen LogP contribution is -2.59. The Bertz CT molecular complexity index is 724. The summed E-state index contributed by atoms with van der Waals surface area (Å²) in [6.45, 7) is 6.97. The van der Waals surface area contributed by atoms with E-state index in [9.17, 15) is 15.0 Å². The highest BCUT2D eigenvalue weighted by atomic mass is 16.5. The average Bonchev–Trinajstić information content (AvgIpc) is 2.53. The highest BCUT2D eigenvalue weighted by Gasteiger charge is 2.55. The first kappa shape index (κ1) is 17.6. The van der Waals surface area contributed by atoms with Crippen molar-refractivity contribution in [1.82, 2.24) is 4.90 Å². The molecule has 2 aliphatic rings. The first-order valence-corrected chi connectivity index (χ1v) is 8.57. The van der Waals surface area contributed by atoms with Gasteiger partial charge in [0.1, 0.15) is 11.4 Å². The van der Waals surface area contributed by atoms with Gasteiger partial charge in [-0.05, 0) is 23.6 Å². The number of aliphatic hydroxyl groups excluding tert-OH is 1. The van der Waals surface area contributed by atoms with Crippen LogP contribution in [0.15, 0.2) is 18.2 Å². The highest BCUT2D eigenvalue weighted by molar-refractivity contribution is 5.65. The van der Waals surface area contributed by atoms with Gasteiger partial charge in [0.25, 0.3) is 0 Å². The van der Waals surface area contributed by atoms with E-state index < -0.39 is 17.8 Å². The van der Waals surface area contributed by atoms with Crippen LogP contribution in [0.4, 0.5) is 4.79 Å². The molecule has 1 saturated heterocycles. The van der Waals surface area contributed by atoms with E-state index in [0.29, 0.717) is 42.8 Å². The summed E-state index contributed by atoms with van der Waals surface area (Å²) in [7, 11) is 0. The van der Waals surface area contributed by atoms with Gasteiger partial charge in [-0.1, -0.05) is 20.8 Å². The second-order valence-corrected chi connectivity index (χ2v) is 8.09. The van der Waals surface area contributed by atoms with Crippen molar-refractivity contribution in [2.45, 2.75) is 45.3 Å². The quantitative estimate of drug-likeness (QED) is 0.754. The largest absolute Gasteiger partial charge is 0.486 e. The molecule has 6 nitrogen and oxygen atoms in total. The van der Waals surface area contributed by atoms with Gasteiger partial charge < -0.3 is 19.8 Å². The molecule has 0 aromatic heterocycles. The van der Waals surface area contributed by atoms with E-state index in [2.05, 4.69) is 26.8 Å². The van der Waals surface area contributed by atoms with Crippen molar-refractivity contribution in [3.8, 4) is 11.8 Å². The number of carbonyl (C=O) groups is 1. The van der Waals surface area contributed by atoms with Gasteiger partial charge in [0, 0.05) is 37.4 Å². The highest BCUT2D eigenvalue weighted by Crippen LogP contribution is 2.54. The van der Waals surface area contributed by atoms with Crippen LogP contribution in [0.3, 0.4) is 0 Å². The minimum Gasteiger partial charge on any atom is -0.486 e. The summed E-state index contributed by atoms with van der Waals surface area (Å²) in [6.07, 6.45) is -0.596. The number of piperidine rings is 1. The Morgan fingerprint density at radius 2 is 2.00 bits per heavy atom. The molecule has 6 heteroatoms. The Balaban J connectivity index is 2.03. The van der Waals surface area contributed by atoms with Crippen molar-refractivity contribution in [2.75, 3.05) is 13.1 Å². The first-order chi connectivity index (χ1) is 11.7. The minimum atomic E-state index is -0.919. The first-order valence-electron chi connectivity index (χ1n) is 8.57. The van der Waals surface area contributed by atoms with Crippen molar-refractivity contribution >= 4 is 6.09 Å². The van der Waals surface area contributed by atoms with Crippen LogP contribution in [-0.4, -0.2) is 39.9 Å². The minimum absolute atomic E-state index is 0.197. The standard InChI is InChI=1S/C19H24N2O4/c1-18(2,3)16-15(22)13-10-12(11-20)4-5-14(13)25-19(16)6-8-21(9-7-19)17(23)24/h4-5,10,15-16,22H,6-9H2,1-3H3,(H,23,24). The normalized spacial score (nSPS) is 25.0. The number of likely N-dealkylation sites (tertiary alicyclic amines) is 1. The molecule has 1 aromatic carbocycles. The molecule has 0 radical (unpaired) electrons. The topological polar surface area (TPSA) is 93.8 Å². The maximum absolute atomic E-state index is 11.2. The van der Waals surface area contributed by atoms with E-state index in [0.717, 1.165) is 0 Å². The van der Waals surface area contributed by atoms with E-state index in [1.807, 2.05) is 0 Å². The number of benzene rings is 1. The molecule has 0 aliphatic carbocycles. The maximum Gasteiger partial charge on any atom is 0.407 e. The fraction of sp³-hybridized carbons (Fsp3) is 0.579. The molecule has 0 saturated carbocycles. The Labute approximate surface area is 147 Å². The number of hydrogen-bond donors (Lipinski definition) is 2. The molecule has 1 spiro atoms. The molecule has 2 unspecified atom stereocenters. The zero-order valence-corrected chi connectivity index (χ0v) is 14.8. The summed E-state index contributed by atoms with van der Waals surface area (Å²) in [4.78, 5) is 12.6. The summed E-state index contributed by atoms with van der Waals surface area (Å²) >= 11 is 0. The van der Waals surface area contributed by atoms with Crippen molar-refractivity contribution in [2.24, 2.45) is 11.3 Å². The summed E-state index contributed by atoms with van der Waals surface area (Å²) < 4.78 is 6.41. The van der Waals surface area contributed by atoms with Gasteiger partial charge >= 0.3 is 6.09 Å². The summed E-state index contributed by atoms with van der Waals surface area (Å²) in [5.41, 5.74) is 0.284. The predicted molar refractivity (Wildman–Crippen MR) is 91.3 cm³/mol. The molecular formula is C19H24N2O4. The number of aliphatic hydroxyl groups is 1. The van der Waals surface area contributed by atoms with Gasteiger partial charge in [0.2, 0.25) is 0 Å². The van der Waals surface area contributed by atoms with Gasteiger partial charge in [-0.3, -0.25) is 0 Å². The molecule has 2 heterocycles. The molecule has 1 fully saturated rings.